The Morgan fingerprint density at radius 3 is 2.23 bits per heavy atom. The Hall–Kier alpha value is -3.71. The summed E-state index contributed by atoms with van der Waals surface area (Å²) in [7, 11) is 0. The number of nitrogens with zero attached hydrogens (tertiary/aromatic N) is 2. The van der Waals surface area contributed by atoms with Crippen LogP contribution < -0.4 is 31.5 Å². The van der Waals surface area contributed by atoms with E-state index in [2.05, 4.69) is 22.8 Å². The first kappa shape index (κ1) is 24.3. The smallest absolute Gasteiger partial charge is 0.235 e. The lowest BCUT2D eigenvalue weighted by Gasteiger charge is -2.37. The normalized spacial score (nSPS) is 17.3. The zero-order valence-electron chi connectivity index (χ0n) is 21.8. The molecule has 0 atom stereocenters. The Kier molecular flexibility index (Phi) is 5.74. The minimum atomic E-state index is -0.679. The fourth-order valence-electron chi connectivity index (χ4n) is 6.48. The molecule has 196 valence electrons. The minimum Gasteiger partial charge on any atom is -0.371 e. The molecule has 7 heteroatoms. The zero-order chi connectivity index (χ0) is 26.8. The molecule has 39 heavy (non-hydrogen) atoms. The van der Waals surface area contributed by atoms with E-state index in [1.807, 2.05) is 30.3 Å². The second-order valence-corrected chi connectivity index (χ2v) is 11.8. The number of benzene rings is 2. The minimum absolute atomic E-state index is 0.104. The molecule has 0 radical (unpaired) electrons. The van der Waals surface area contributed by atoms with Gasteiger partial charge < -0.3 is 9.80 Å². The van der Waals surface area contributed by atoms with Crippen LogP contribution in [0, 0.1) is 0 Å². The number of unbranched alkanes of at least 4 members (excludes halogenated alkanes) is 1. The van der Waals surface area contributed by atoms with E-state index < -0.39 is 21.7 Å². The van der Waals surface area contributed by atoms with Gasteiger partial charge in [0, 0.05) is 46.9 Å². The van der Waals surface area contributed by atoms with Crippen LogP contribution in [0.2, 0.25) is 0 Å². The van der Waals surface area contributed by atoms with Crippen LogP contribution in [0.3, 0.4) is 0 Å². The monoisotopic (exact) mass is 536 g/mol. The first-order valence-corrected chi connectivity index (χ1v) is 14.6. The average Bonchev–Trinajstić information content (AvgIpc) is 3.31. The van der Waals surface area contributed by atoms with Gasteiger partial charge in [0.1, 0.15) is 0 Å². The topological polar surface area (TPSA) is 74.8 Å². The van der Waals surface area contributed by atoms with E-state index in [4.69, 9.17) is 0 Å². The number of para-hydroxylation sites is 1. The number of hydrogen-bond acceptors (Lipinski definition) is 7. The highest BCUT2D eigenvalue weighted by Gasteiger charge is 2.34. The number of hydrogen-bond donors (Lipinski definition) is 0. The van der Waals surface area contributed by atoms with Gasteiger partial charge in [-0.15, -0.1) is 0 Å². The van der Waals surface area contributed by atoms with E-state index >= 15 is 0 Å². The van der Waals surface area contributed by atoms with Crippen LogP contribution in [0.5, 0.6) is 0 Å². The van der Waals surface area contributed by atoms with Crippen molar-refractivity contribution in [1.29, 1.82) is 0 Å². The first-order valence-electron chi connectivity index (χ1n) is 13.8. The Labute approximate surface area is 230 Å². The molecule has 3 aliphatic heterocycles. The van der Waals surface area contributed by atoms with E-state index in [9.17, 15) is 19.2 Å². The van der Waals surface area contributed by atoms with Gasteiger partial charge in [-0.1, -0.05) is 37.2 Å². The fraction of sp³-hybridized carbons (Fsp3) is 0.312. The Morgan fingerprint density at radius 2 is 1.51 bits per heavy atom. The van der Waals surface area contributed by atoms with E-state index in [-0.39, 0.29) is 16.7 Å². The Morgan fingerprint density at radius 1 is 0.846 bits per heavy atom. The summed E-state index contributed by atoms with van der Waals surface area (Å²) in [4.78, 5) is 57.4. The molecule has 6 nitrogen and oxygen atoms in total. The SMILES string of the molecule is CCCCN1/C(=C/c2c(-c3c(-c4cc5c6c(c4)CCCN6CCC5)c(=O)c3=O)c(=O)c2=O)Sc2ccccc21. The number of anilines is 2. The van der Waals surface area contributed by atoms with Crippen LogP contribution in [0.1, 0.15) is 49.3 Å². The molecule has 0 bridgehead atoms. The zero-order valence-corrected chi connectivity index (χ0v) is 22.7. The third-order valence-electron chi connectivity index (χ3n) is 8.37. The van der Waals surface area contributed by atoms with Crippen LogP contribution in [-0.2, 0) is 12.8 Å². The molecule has 0 aliphatic carbocycles. The lowest BCUT2D eigenvalue weighted by atomic mass is 9.81. The first-order chi connectivity index (χ1) is 19.0. The lowest BCUT2D eigenvalue weighted by molar-refractivity contribution is 0.634. The summed E-state index contributed by atoms with van der Waals surface area (Å²) in [5.74, 6) is 0. The van der Waals surface area contributed by atoms with Crippen molar-refractivity contribution in [2.45, 2.75) is 50.3 Å². The van der Waals surface area contributed by atoms with Crippen molar-refractivity contribution in [3.8, 4) is 22.3 Å². The van der Waals surface area contributed by atoms with Gasteiger partial charge in [0.2, 0.25) is 21.7 Å². The number of aryl methyl sites for hydroxylation is 2. The highest BCUT2D eigenvalue weighted by molar-refractivity contribution is 8.03. The number of rotatable bonds is 6. The molecule has 3 aliphatic rings. The van der Waals surface area contributed by atoms with Gasteiger partial charge in [0.05, 0.1) is 16.3 Å². The highest BCUT2D eigenvalue weighted by Crippen LogP contribution is 2.47. The molecule has 0 spiro atoms. The molecular weight excluding hydrogens is 508 g/mol. The quantitative estimate of drug-likeness (QED) is 0.333. The summed E-state index contributed by atoms with van der Waals surface area (Å²) in [6.07, 6.45) is 7.72. The molecule has 4 aromatic rings. The average molecular weight is 537 g/mol. The summed E-state index contributed by atoms with van der Waals surface area (Å²) >= 11 is 1.56. The van der Waals surface area contributed by atoms with Crippen LogP contribution in [-0.4, -0.2) is 19.6 Å². The molecule has 7 rings (SSSR count). The molecule has 0 aromatic heterocycles. The molecular formula is C32H28N2O4S. The largest absolute Gasteiger partial charge is 0.371 e. The summed E-state index contributed by atoms with van der Waals surface area (Å²) in [5, 5.41) is 0.858. The number of fused-ring (bicyclic) bond motifs is 1. The summed E-state index contributed by atoms with van der Waals surface area (Å²) in [6.45, 7) is 5.01. The third kappa shape index (κ3) is 3.63. The standard InChI is InChI=1S/C32H28N2O4S/c1-2-3-14-34-22-10-4-5-11-23(22)39-24(34)17-21-26(31(37)29(21)35)27-25(30(36)32(27)38)20-15-18-8-6-12-33-13-7-9-19(16-20)28(18)33/h4-5,10-11,15-17H,2-3,6-9,12-14H2,1H3/b24-17-. The maximum absolute atomic E-state index is 13.0. The van der Waals surface area contributed by atoms with Crippen molar-refractivity contribution in [2.75, 3.05) is 29.4 Å². The van der Waals surface area contributed by atoms with E-state index in [1.54, 1.807) is 17.8 Å². The van der Waals surface area contributed by atoms with Crippen LogP contribution in [0.15, 0.2) is 65.5 Å². The van der Waals surface area contributed by atoms with Crippen molar-refractivity contribution >= 4 is 29.2 Å². The maximum atomic E-state index is 13.0. The van der Waals surface area contributed by atoms with Crippen LogP contribution >= 0.6 is 11.8 Å². The van der Waals surface area contributed by atoms with Gasteiger partial charge in [-0.05, 0) is 79.1 Å². The van der Waals surface area contributed by atoms with Crippen LogP contribution in [0.25, 0.3) is 28.3 Å². The fourth-order valence-corrected chi connectivity index (χ4v) is 7.61. The van der Waals surface area contributed by atoms with Crippen LogP contribution in [0.4, 0.5) is 11.4 Å². The van der Waals surface area contributed by atoms with Crippen molar-refractivity contribution < 1.29 is 0 Å². The molecule has 0 saturated carbocycles. The van der Waals surface area contributed by atoms with Gasteiger partial charge >= 0.3 is 0 Å². The summed E-state index contributed by atoms with van der Waals surface area (Å²) in [5.41, 5.74) is 3.68. The van der Waals surface area contributed by atoms with Gasteiger partial charge in [-0.25, -0.2) is 0 Å². The number of thioether (sulfide) groups is 1. The molecule has 3 heterocycles. The van der Waals surface area contributed by atoms with Gasteiger partial charge in [-0.3, -0.25) is 19.2 Å². The molecule has 0 amide bonds. The van der Waals surface area contributed by atoms with E-state index in [0.717, 1.165) is 73.8 Å². The Balaban J connectivity index is 1.33. The third-order valence-corrected chi connectivity index (χ3v) is 9.48. The van der Waals surface area contributed by atoms with E-state index in [1.165, 1.54) is 16.8 Å². The Bertz CT molecular complexity index is 1800. The molecule has 0 unspecified atom stereocenters. The van der Waals surface area contributed by atoms with Crippen molar-refractivity contribution in [3.05, 3.63) is 99.0 Å². The second kappa shape index (κ2) is 9.19. The van der Waals surface area contributed by atoms with Crippen molar-refractivity contribution in [3.63, 3.8) is 0 Å². The van der Waals surface area contributed by atoms with E-state index in [0.29, 0.717) is 11.1 Å². The summed E-state index contributed by atoms with van der Waals surface area (Å²) in [6, 6.07) is 12.1. The van der Waals surface area contributed by atoms with Crippen molar-refractivity contribution in [1.82, 2.24) is 0 Å². The van der Waals surface area contributed by atoms with Gasteiger partial charge in [-0.2, -0.15) is 0 Å². The lowest BCUT2D eigenvalue weighted by Crippen LogP contribution is -2.43. The van der Waals surface area contributed by atoms with Gasteiger partial charge in [0.15, 0.2) is 0 Å². The predicted octanol–water partition coefficient (Wildman–Crippen LogP) is 4.62. The summed E-state index contributed by atoms with van der Waals surface area (Å²) < 4.78 is 0. The second-order valence-electron chi connectivity index (χ2n) is 10.7. The molecule has 0 N–H and O–H groups in total. The highest BCUT2D eigenvalue weighted by atomic mass is 32.2. The molecule has 0 saturated heterocycles. The maximum Gasteiger partial charge on any atom is 0.235 e. The predicted molar refractivity (Wildman–Crippen MR) is 159 cm³/mol. The molecule has 4 aromatic carbocycles. The van der Waals surface area contributed by atoms with Crippen molar-refractivity contribution in [2.24, 2.45) is 0 Å². The molecule has 0 fully saturated rings. The van der Waals surface area contributed by atoms with Gasteiger partial charge in [0.25, 0.3) is 0 Å².